The Balaban J connectivity index is 4.39. The summed E-state index contributed by atoms with van der Waals surface area (Å²) in [4.78, 5) is 19.8. The first-order chi connectivity index (χ1) is 9.25. The van der Waals surface area contributed by atoms with Gasteiger partial charge in [0.1, 0.15) is 5.60 Å². The molecule has 0 radical (unpaired) electrons. The van der Waals surface area contributed by atoms with E-state index in [9.17, 15) is 4.79 Å². The number of carbonyl (C=O) groups is 1. The van der Waals surface area contributed by atoms with Crippen LogP contribution in [0.4, 0.5) is 4.79 Å². The predicted molar refractivity (Wildman–Crippen MR) is 82.9 cm³/mol. The van der Waals surface area contributed by atoms with Gasteiger partial charge in [-0.25, -0.2) is 4.79 Å². The maximum Gasteiger partial charge on any atom is 0.410 e. The molecule has 0 unspecified atom stereocenters. The molecular formula is C14H30N4O2. The number of amides is 1. The van der Waals surface area contributed by atoms with E-state index in [2.05, 4.69) is 4.99 Å². The summed E-state index contributed by atoms with van der Waals surface area (Å²) in [5.74, 6) is 0.523. The molecule has 20 heavy (non-hydrogen) atoms. The van der Waals surface area contributed by atoms with Gasteiger partial charge in [-0.05, 0) is 41.5 Å². The summed E-state index contributed by atoms with van der Waals surface area (Å²) >= 11 is 0. The third-order valence-corrected chi connectivity index (χ3v) is 2.76. The van der Waals surface area contributed by atoms with Crippen LogP contribution in [0.15, 0.2) is 4.99 Å². The van der Waals surface area contributed by atoms with Crippen molar-refractivity contribution in [1.82, 2.24) is 9.80 Å². The Kier molecular flexibility index (Phi) is 8.03. The molecule has 0 aliphatic rings. The molecule has 0 rings (SSSR count). The molecule has 0 aliphatic carbocycles. The van der Waals surface area contributed by atoms with E-state index >= 15 is 0 Å². The maximum absolute atomic E-state index is 11.9. The van der Waals surface area contributed by atoms with Crippen molar-refractivity contribution in [1.29, 1.82) is 0 Å². The van der Waals surface area contributed by atoms with E-state index in [1.807, 2.05) is 46.4 Å². The molecule has 0 aromatic heterocycles. The van der Waals surface area contributed by atoms with Crippen LogP contribution < -0.4 is 5.73 Å². The van der Waals surface area contributed by atoms with Crippen molar-refractivity contribution in [3.8, 4) is 0 Å². The second-order valence-electron chi connectivity index (χ2n) is 5.47. The smallest absolute Gasteiger partial charge is 0.410 e. The van der Waals surface area contributed by atoms with Crippen molar-refractivity contribution in [2.75, 3.05) is 32.7 Å². The fraction of sp³-hybridized carbons (Fsp3) is 0.857. The molecule has 0 saturated heterocycles. The van der Waals surface area contributed by atoms with E-state index in [0.717, 1.165) is 13.1 Å². The standard InChI is InChI=1S/C14H30N4O2/c1-7-17(8-2)12(15)16-10-11-18(9-3)13(19)20-14(4,5)6/h7-11H2,1-6H3,(H2,15,16). The quantitative estimate of drug-likeness (QED) is 0.598. The molecule has 0 saturated carbocycles. The molecule has 0 atom stereocenters. The molecule has 6 heteroatoms. The molecule has 0 spiro atoms. The monoisotopic (exact) mass is 286 g/mol. The van der Waals surface area contributed by atoms with Crippen LogP contribution in [0.5, 0.6) is 0 Å². The molecule has 0 aromatic rings. The van der Waals surface area contributed by atoms with Crippen LogP contribution in [0.3, 0.4) is 0 Å². The second-order valence-corrected chi connectivity index (χ2v) is 5.47. The van der Waals surface area contributed by atoms with E-state index in [4.69, 9.17) is 10.5 Å². The highest BCUT2D eigenvalue weighted by atomic mass is 16.6. The topological polar surface area (TPSA) is 71.2 Å². The summed E-state index contributed by atoms with van der Waals surface area (Å²) in [6.45, 7) is 14.8. The number of nitrogens with two attached hydrogens (primary N) is 1. The minimum atomic E-state index is -0.478. The Bertz CT molecular complexity index is 320. The molecule has 1 amide bonds. The maximum atomic E-state index is 11.9. The Hall–Kier alpha value is -1.46. The SMILES string of the molecule is CCN(CCN=C(N)N(CC)CC)C(=O)OC(C)(C)C. The minimum Gasteiger partial charge on any atom is -0.444 e. The Labute approximate surface area is 123 Å². The van der Waals surface area contributed by atoms with Gasteiger partial charge in [0, 0.05) is 26.2 Å². The normalized spacial score (nSPS) is 12.2. The lowest BCUT2D eigenvalue weighted by atomic mass is 10.2. The van der Waals surface area contributed by atoms with Gasteiger partial charge in [-0.2, -0.15) is 0 Å². The lowest BCUT2D eigenvalue weighted by molar-refractivity contribution is 0.0266. The van der Waals surface area contributed by atoms with Gasteiger partial charge >= 0.3 is 6.09 Å². The predicted octanol–water partition coefficient (Wildman–Crippen LogP) is 1.90. The van der Waals surface area contributed by atoms with Gasteiger partial charge in [-0.3, -0.25) is 4.99 Å². The summed E-state index contributed by atoms with van der Waals surface area (Å²) < 4.78 is 5.33. The van der Waals surface area contributed by atoms with Crippen molar-refractivity contribution in [3.05, 3.63) is 0 Å². The van der Waals surface area contributed by atoms with E-state index in [0.29, 0.717) is 25.6 Å². The first kappa shape index (κ1) is 18.5. The fourth-order valence-electron chi connectivity index (χ4n) is 1.64. The number of hydrogen-bond donors (Lipinski definition) is 1. The van der Waals surface area contributed by atoms with E-state index in [1.165, 1.54) is 0 Å². The van der Waals surface area contributed by atoms with Crippen molar-refractivity contribution in [3.63, 3.8) is 0 Å². The van der Waals surface area contributed by atoms with Crippen LogP contribution in [0.25, 0.3) is 0 Å². The zero-order chi connectivity index (χ0) is 15.8. The number of aliphatic imine (C=N–C) groups is 1. The molecule has 0 heterocycles. The Morgan fingerprint density at radius 1 is 1.10 bits per heavy atom. The molecule has 0 fully saturated rings. The zero-order valence-corrected chi connectivity index (χ0v) is 13.8. The number of likely N-dealkylation sites (N-methyl/N-ethyl adjacent to an activating group) is 1. The van der Waals surface area contributed by atoms with Crippen LogP contribution >= 0.6 is 0 Å². The summed E-state index contributed by atoms with van der Waals surface area (Å²) in [6.07, 6.45) is -0.309. The molecule has 0 bridgehead atoms. The van der Waals surface area contributed by atoms with Crippen LogP contribution in [0.1, 0.15) is 41.5 Å². The van der Waals surface area contributed by atoms with Crippen LogP contribution in [-0.4, -0.2) is 60.2 Å². The molecule has 2 N–H and O–H groups in total. The van der Waals surface area contributed by atoms with Crippen LogP contribution in [-0.2, 0) is 4.74 Å². The number of nitrogens with zero attached hydrogens (tertiary/aromatic N) is 3. The molecule has 0 aromatic carbocycles. The average molecular weight is 286 g/mol. The number of rotatable bonds is 6. The van der Waals surface area contributed by atoms with Gasteiger partial charge < -0.3 is 20.3 Å². The number of guanidine groups is 1. The Morgan fingerprint density at radius 2 is 1.60 bits per heavy atom. The average Bonchev–Trinajstić information content (AvgIpc) is 2.33. The van der Waals surface area contributed by atoms with E-state index in [-0.39, 0.29) is 6.09 Å². The van der Waals surface area contributed by atoms with E-state index < -0.39 is 5.60 Å². The first-order valence-corrected chi connectivity index (χ1v) is 7.27. The number of ether oxygens (including phenoxy) is 1. The number of carbonyl (C=O) groups excluding carboxylic acids is 1. The zero-order valence-electron chi connectivity index (χ0n) is 13.8. The van der Waals surface area contributed by atoms with E-state index in [1.54, 1.807) is 4.90 Å². The van der Waals surface area contributed by atoms with Gasteiger partial charge in [0.05, 0.1) is 6.54 Å². The summed E-state index contributed by atoms with van der Waals surface area (Å²) in [7, 11) is 0. The summed E-state index contributed by atoms with van der Waals surface area (Å²) in [5.41, 5.74) is 5.41. The van der Waals surface area contributed by atoms with Crippen molar-refractivity contribution >= 4 is 12.1 Å². The largest absolute Gasteiger partial charge is 0.444 e. The Morgan fingerprint density at radius 3 is 2.00 bits per heavy atom. The number of hydrogen-bond acceptors (Lipinski definition) is 3. The highest BCUT2D eigenvalue weighted by Gasteiger charge is 2.20. The third kappa shape index (κ3) is 7.21. The molecule has 6 nitrogen and oxygen atoms in total. The lowest BCUT2D eigenvalue weighted by Gasteiger charge is -2.26. The van der Waals surface area contributed by atoms with Crippen molar-refractivity contribution in [2.45, 2.75) is 47.1 Å². The second kappa shape index (κ2) is 8.66. The third-order valence-electron chi connectivity index (χ3n) is 2.76. The van der Waals surface area contributed by atoms with Gasteiger partial charge in [-0.1, -0.05) is 0 Å². The van der Waals surface area contributed by atoms with Gasteiger partial charge in [0.25, 0.3) is 0 Å². The fourth-order valence-corrected chi connectivity index (χ4v) is 1.64. The molecule has 118 valence electrons. The molecule has 0 aliphatic heterocycles. The van der Waals surface area contributed by atoms with Crippen LogP contribution in [0, 0.1) is 0 Å². The minimum absolute atomic E-state index is 0.309. The molecular weight excluding hydrogens is 256 g/mol. The highest BCUT2D eigenvalue weighted by molar-refractivity contribution is 5.78. The first-order valence-electron chi connectivity index (χ1n) is 7.27. The highest BCUT2D eigenvalue weighted by Crippen LogP contribution is 2.09. The lowest BCUT2D eigenvalue weighted by Crippen LogP contribution is -2.40. The summed E-state index contributed by atoms with van der Waals surface area (Å²) in [5, 5.41) is 0. The van der Waals surface area contributed by atoms with Crippen LogP contribution in [0.2, 0.25) is 0 Å². The van der Waals surface area contributed by atoms with Gasteiger partial charge in [-0.15, -0.1) is 0 Å². The summed E-state index contributed by atoms with van der Waals surface area (Å²) in [6, 6.07) is 0. The van der Waals surface area contributed by atoms with Gasteiger partial charge in [0.15, 0.2) is 5.96 Å². The van der Waals surface area contributed by atoms with Crippen molar-refractivity contribution in [2.24, 2.45) is 10.7 Å². The van der Waals surface area contributed by atoms with Crippen molar-refractivity contribution < 1.29 is 9.53 Å². The van der Waals surface area contributed by atoms with Gasteiger partial charge in [0.2, 0.25) is 0 Å².